The molecule has 2 rings (SSSR count). The third-order valence-electron chi connectivity index (χ3n) is 5.36. The summed E-state index contributed by atoms with van der Waals surface area (Å²) in [5, 5.41) is 6.94. The Labute approximate surface area is 142 Å². The van der Waals surface area contributed by atoms with Crippen molar-refractivity contribution < 1.29 is 4.74 Å². The Hall–Kier alpha value is -0.810. The summed E-state index contributed by atoms with van der Waals surface area (Å²) < 4.78 is 5.83. The Bertz CT molecular complexity index is 402. The molecule has 0 spiro atoms. The van der Waals surface area contributed by atoms with Crippen LogP contribution in [0.4, 0.5) is 0 Å². The van der Waals surface area contributed by atoms with Crippen LogP contribution >= 0.6 is 0 Å². The van der Waals surface area contributed by atoms with Crippen LogP contribution in [0, 0.1) is 5.92 Å². The van der Waals surface area contributed by atoms with Gasteiger partial charge in [-0.2, -0.15) is 0 Å². The molecule has 0 bridgehead atoms. The van der Waals surface area contributed by atoms with Crippen LogP contribution in [0.5, 0.6) is 0 Å². The Kier molecular flexibility index (Phi) is 6.32. The van der Waals surface area contributed by atoms with E-state index in [1.54, 1.807) is 0 Å². The lowest BCUT2D eigenvalue weighted by Gasteiger charge is -2.43. The minimum atomic E-state index is -0.0462. The fourth-order valence-corrected chi connectivity index (χ4v) is 3.62. The van der Waals surface area contributed by atoms with Gasteiger partial charge in [-0.15, -0.1) is 0 Å². The van der Waals surface area contributed by atoms with E-state index in [1.807, 2.05) is 7.05 Å². The molecule has 2 atom stereocenters. The number of nitrogens with zero attached hydrogens (tertiary/aromatic N) is 2. The lowest BCUT2D eigenvalue weighted by Crippen LogP contribution is -2.56. The molecule has 2 aliphatic heterocycles. The summed E-state index contributed by atoms with van der Waals surface area (Å²) >= 11 is 0. The van der Waals surface area contributed by atoms with Crippen molar-refractivity contribution in [3.8, 4) is 0 Å². The smallest absolute Gasteiger partial charge is 0.191 e. The molecule has 2 unspecified atom stereocenters. The highest BCUT2D eigenvalue weighted by molar-refractivity contribution is 5.79. The van der Waals surface area contributed by atoms with Crippen LogP contribution in [-0.2, 0) is 4.74 Å². The van der Waals surface area contributed by atoms with E-state index in [-0.39, 0.29) is 11.1 Å². The number of guanidine groups is 1. The minimum absolute atomic E-state index is 0.0462. The summed E-state index contributed by atoms with van der Waals surface area (Å²) in [6.07, 6.45) is 4.95. The molecule has 23 heavy (non-hydrogen) atoms. The van der Waals surface area contributed by atoms with Crippen molar-refractivity contribution in [1.82, 2.24) is 15.5 Å². The van der Waals surface area contributed by atoms with Gasteiger partial charge in [0.1, 0.15) is 0 Å². The highest BCUT2D eigenvalue weighted by Gasteiger charge is 2.31. The van der Waals surface area contributed by atoms with Crippen LogP contribution in [0.1, 0.15) is 53.4 Å². The van der Waals surface area contributed by atoms with Gasteiger partial charge in [0.05, 0.1) is 5.60 Å². The average Bonchev–Trinajstić information content (AvgIpc) is 2.94. The van der Waals surface area contributed by atoms with Gasteiger partial charge in [0.2, 0.25) is 0 Å². The van der Waals surface area contributed by atoms with Crippen molar-refractivity contribution in [1.29, 1.82) is 0 Å². The first-order valence-corrected chi connectivity index (χ1v) is 9.18. The Morgan fingerprint density at radius 3 is 2.74 bits per heavy atom. The van der Waals surface area contributed by atoms with E-state index in [2.05, 4.69) is 48.2 Å². The van der Waals surface area contributed by atoms with Gasteiger partial charge in [-0.05, 0) is 58.9 Å². The van der Waals surface area contributed by atoms with Crippen LogP contribution in [-0.4, -0.2) is 61.8 Å². The normalized spacial score (nSPS) is 30.5. The molecule has 5 heteroatoms. The predicted octanol–water partition coefficient (Wildman–Crippen LogP) is 2.23. The SMILES string of the molecule is CN=C(NCC1(C)CCCO1)NCC(C)(C)N1CCCC(C)C1. The van der Waals surface area contributed by atoms with E-state index >= 15 is 0 Å². The number of piperidine rings is 1. The average molecular weight is 325 g/mol. The van der Waals surface area contributed by atoms with Gasteiger partial charge in [-0.25, -0.2) is 0 Å². The van der Waals surface area contributed by atoms with Gasteiger partial charge >= 0.3 is 0 Å². The fourth-order valence-electron chi connectivity index (χ4n) is 3.62. The molecule has 0 amide bonds. The lowest BCUT2D eigenvalue weighted by molar-refractivity contribution is 0.0242. The summed E-state index contributed by atoms with van der Waals surface area (Å²) in [6, 6.07) is 0. The summed E-state index contributed by atoms with van der Waals surface area (Å²) in [4.78, 5) is 6.98. The van der Waals surface area contributed by atoms with Gasteiger partial charge < -0.3 is 15.4 Å². The number of rotatable bonds is 5. The maximum atomic E-state index is 5.83. The number of hydrogen-bond acceptors (Lipinski definition) is 3. The second-order valence-electron chi connectivity index (χ2n) is 8.19. The molecule has 0 aromatic heterocycles. The maximum absolute atomic E-state index is 5.83. The van der Waals surface area contributed by atoms with Crippen molar-refractivity contribution in [3.63, 3.8) is 0 Å². The molecule has 0 aromatic carbocycles. The van der Waals surface area contributed by atoms with E-state index in [0.717, 1.165) is 44.4 Å². The number of nitrogens with one attached hydrogen (secondary N) is 2. The quantitative estimate of drug-likeness (QED) is 0.601. The first kappa shape index (κ1) is 18.5. The Balaban J connectivity index is 1.79. The highest BCUT2D eigenvalue weighted by Crippen LogP contribution is 2.24. The van der Waals surface area contributed by atoms with E-state index in [0.29, 0.717) is 0 Å². The molecule has 2 fully saturated rings. The molecular weight excluding hydrogens is 288 g/mol. The van der Waals surface area contributed by atoms with Crippen LogP contribution in [0.3, 0.4) is 0 Å². The van der Waals surface area contributed by atoms with E-state index in [1.165, 1.54) is 25.9 Å². The van der Waals surface area contributed by atoms with Gasteiger partial charge in [0.15, 0.2) is 5.96 Å². The summed E-state index contributed by atoms with van der Waals surface area (Å²) in [7, 11) is 1.84. The van der Waals surface area contributed by atoms with Gasteiger partial charge in [0, 0.05) is 38.8 Å². The molecule has 0 aliphatic carbocycles. The van der Waals surface area contributed by atoms with Crippen molar-refractivity contribution in [3.05, 3.63) is 0 Å². The zero-order valence-corrected chi connectivity index (χ0v) is 15.7. The third kappa shape index (κ3) is 5.35. The Morgan fingerprint density at radius 1 is 1.35 bits per heavy atom. The maximum Gasteiger partial charge on any atom is 0.191 e. The third-order valence-corrected chi connectivity index (χ3v) is 5.36. The van der Waals surface area contributed by atoms with E-state index in [9.17, 15) is 0 Å². The molecule has 5 nitrogen and oxygen atoms in total. The van der Waals surface area contributed by atoms with Crippen LogP contribution < -0.4 is 10.6 Å². The standard InChI is InChI=1S/C18H36N4O/c1-15-8-6-10-22(12-15)17(2,3)13-20-16(19-5)21-14-18(4)9-7-11-23-18/h15H,6-14H2,1-5H3,(H2,19,20,21). The number of ether oxygens (including phenoxy) is 1. The molecule has 0 aromatic rings. The largest absolute Gasteiger partial charge is 0.373 e. The zero-order chi connectivity index (χ0) is 16.9. The molecule has 2 N–H and O–H groups in total. The van der Waals surface area contributed by atoms with Crippen molar-refractivity contribution in [2.75, 3.05) is 39.8 Å². The molecule has 2 heterocycles. The summed E-state index contributed by atoms with van der Waals surface area (Å²) in [6.45, 7) is 14.2. The molecule has 2 aliphatic rings. The minimum Gasteiger partial charge on any atom is -0.373 e. The second kappa shape index (κ2) is 7.84. The van der Waals surface area contributed by atoms with Crippen molar-refractivity contribution in [2.24, 2.45) is 10.9 Å². The topological polar surface area (TPSA) is 48.9 Å². The molecule has 134 valence electrons. The number of hydrogen-bond donors (Lipinski definition) is 2. The summed E-state index contributed by atoms with van der Waals surface area (Å²) in [5.74, 6) is 1.68. The fraction of sp³-hybridized carbons (Fsp3) is 0.944. The van der Waals surface area contributed by atoms with Crippen LogP contribution in [0.2, 0.25) is 0 Å². The van der Waals surface area contributed by atoms with Gasteiger partial charge in [0.25, 0.3) is 0 Å². The predicted molar refractivity (Wildman–Crippen MR) is 97.0 cm³/mol. The van der Waals surface area contributed by atoms with Gasteiger partial charge in [-0.3, -0.25) is 9.89 Å². The summed E-state index contributed by atoms with van der Waals surface area (Å²) in [5.41, 5.74) is 0.0928. The van der Waals surface area contributed by atoms with Crippen LogP contribution in [0.15, 0.2) is 4.99 Å². The van der Waals surface area contributed by atoms with Crippen molar-refractivity contribution in [2.45, 2.75) is 64.5 Å². The molecular formula is C18H36N4O. The first-order chi connectivity index (χ1) is 10.8. The van der Waals surface area contributed by atoms with E-state index < -0.39 is 0 Å². The first-order valence-electron chi connectivity index (χ1n) is 9.18. The van der Waals surface area contributed by atoms with Crippen LogP contribution in [0.25, 0.3) is 0 Å². The molecule has 0 saturated carbocycles. The second-order valence-corrected chi connectivity index (χ2v) is 8.19. The molecule has 2 saturated heterocycles. The zero-order valence-electron chi connectivity index (χ0n) is 15.7. The van der Waals surface area contributed by atoms with E-state index in [4.69, 9.17) is 4.74 Å². The Morgan fingerprint density at radius 2 is 2.13 bits per heavy atom. The highest BCUT2D eigenvalue weighted by atomic mass is 16.5. The lowest BCUT2D eigenvalue weighted by atomic mass is 9.93. The molecule has 0 radical (unpaired) electrons. The van der Waals surface area contributed by atoms with Gasteiger partial charge in [-0.1, -0.05) is 6.92 Å². The van der Waals surface area contributed by atoms with Crippen molar-refractivity contribution >= 4 is 5.96 Å². The number of likely N-dealkylation sites (tertiary alicyclic amines) is 1. The number of aliphatic imine (C=N–C) groups is 1. The monoisotopic (exact) mass is 324 g/mol.